The standard InChI is InChI=1S/C25H17Cl4N3O3/c1-13-18(27)3-2-4-20(13)31-23(33)14-6-9-17(10-7-14)30-22-21(29)24(34)32(25(22)35)12-15-5-8-16(26)11-19(15)28/h2-11,30H,12H2,1H3,(H,31,33). The third-order valence-electron chi connectivity index (χ3n) is 5.39. The smallest absolute Gasteiger partial charge is 0.279 e. The maximum Gasteiger partial charge on any atom is 0.279 e. The number of halogens is 4. The largest absolute Gasteiger partial charge is 0.350 e. The molecule has 0 aromatic heterocycles. The zero-order chi connectivity index (χ0) is 25.3. The molecule has 0 bridgehead atoms. The predicted octanol–water partition coefficient (Wildman–Crippen LogP) is 6.64. The highest BCUT2D eigenvalue weighted by molar-refractivity contribution is 6.48. The van der Waals surface area contributed by atoms with Crippen LogP contribution in [0.5, 0.6) is 0 Å². The molecule has 0 atom stereocenters. The van der Waals surface area contributed by atoms with Crippen LogP contribution in [0, 0.1) is 6.92 Å². The summed E-state index contributed by atoms with van der Waals surface area (Å²) >= 11 is 24.4. The molecule has 4 rings (SSSR count). The number of nitrogens with one attached hydrogen (secondary N) is 2. The number of hydrogen-bond acceptors (Lipinski definition) is 4. The van der Waals surface area contributed by atoms with Crippen LogP contribution < -0.4 is 10.6 Å². The zero-order valence-electron chi connectivity index (χ0n) is 18.2. The van der Waals surface area contributed by atoms with E-state index in [0.717, 1.165) is 10.5 Å². The van der Waals surface area contributed by atoms with E-state index in [0.29, 0.717) is 37.6 Å². The van der Waals surface area contributed by atoms with Gasteiger partial charge in [0.1, 0.15) is 10.7 Å². The van der Waals surface area contributed by atoms with Crippen molar-refractivity contribution in [2.24, 2.45) is 0 Å². The number of hydrogen-bond donors (Lipinski definition) is 2. The number of amides is 3. The fourth-order valence-electron chi connectivity index (χ4n) is 3.41. The Hall–Kier alpha value is -3.03. The Balaban J connectivity index is 1.46. The molecule has 3 aromatic carbocycles. The number of benzene rings is 3. The summed E-state index contributed by atoms with van der Waals surface area (Å²) in [5.41, 5.74) is 2.72. The lowest BCUT2D eigenvalue weighted by molar-refractivity contribution is -0.138. The second-order valence-electron chi connectivity index (χ2n) is 7.69. The molecule has 0 saturated carbocycles. The normalized spacial score (nSPS) is 13.5. The van der Waals surface area contributed by atoms with E-state index in [1.54, 1.807) is 54.6 Å². The molecule has 0 radical (unpaired) electrons. The first-order valence-electron chi connectivity index (χ1n) is 10.3. The minimum absolute atomic E-state index is 0.0584. The van der Waals surface area contributed by atoms with E-state index in [4.69, 9.17) is 46.4 Å². The Kier molecular flexibility index (Phi) is 7.38. The van der Waals surface area contributed by atoms with E-state index in [1.165, 1.54) is 6.07 Å². The second-order valence-corrected chi connectivity index (χ2v) is 9.32. The molecular formula is C25H17Cl4N3O3. The number of nitrogens with zero attached hydrogens (tertiary/aromatic N) is 1. The molecule has 2 N–H and O–H groups in total. The first-order chi connectivity index (χ1) is 16.7. The average molecular weight is 549 g/mol. The predicted molar refractivity (Wildman–Crippen MR) is 139 cm³/mol. The van der Waals surface area contributed by atoms with Crippen molar-refractivity contribution >= 4 is 75.5 Å². The molecule has 35 heavy (non-hydrogen) atoms. The second kappa shape index (κ2) is 10.3. The first-order valence-corrected chi connectivity index (χ1v) is 11.8. The SMILES string of the molecule is Cc1c(Cl)cccc1NC(=O)c1ccc(NC2=C(Cl)C(=O)N(Cc3ccc(Cl)cc3Cl)C2=O)cc1. The summed E-state index contributed by atoms with van der Waals surface area (Å²) in [6.45, 7) is 1.75. The molecule has 178 valence electrons. The Morgan fingerprint density at radius 3 is 2.29 bits per heavy atom. The van der Waals surface area contributed by atoms with Crippen LogP contribution in [-0.2, 0) is 16.1 Å². The van der Waals surface area contributed by atoms with Crippen molar-refractivity contribution in [3.05, 3.63) is 103 Å². The summed E-state index contributed by atoms with van der Waals surface area (Å²) in [7, 11) is 0. The molecule has 0 spiro atoms. The lowest BCUT2D eigenvalue weighted by Gasteiger charge is -2.16. The highest BCUT2D eigenvalue weighted by atomic mass is 35.5. The van der Waals surface area contributed by atoms with Gasteiger partial charge in [-0.25, -0.2) is 0 Å². The van der Waals surface area contributed by atoms with E-state index in [-0.39, 0.29) is 23.2 Å². The number of carbonyl (C=O) groups is 3. The van der Waals surface area contributed by atoms with E-state index >= 15 is 0 Å². The van der Waals surface area contributed by atoms with Crippen LogP contribution in [0.1, 0.15) is 21.5 Å². The molecule has 1 aliphatic heterocycles. The third-order valence-corrected chi connectivity index (χ3v) is 6.73. The summed E-state index contributed by atoms with van der Waals surface area (Å²) in [4.78, 5) is 39.1. The van der Waals surface area contributed by atoms with Gasteiger partial charge in [0, 0.05) is 32.0 Å². The van der Waals surface area contributed by atoms with Gasteiger partial charge in [-0.05, 0) is 66.6 Å². The summed E-state index contributed by atoms with van der Waals surface area (Å²) in [6, 6.07) is 16.4. The summed E-state index contributed by atoms with van der Waals surface area (Å²) in [5, 5.41) is 6.78. The maximum atomic E-state index is 12.9. The van der Waals surface area contributed by atoms with Gasteiger partial charge in [0.2, 0.25) is 0 Å². The monoisotopic (exact) mass is 547 g/mol. The van der Waals surface area contributed by atoms with Crippen molar-refractivity contribution in [1.82, 2.24) is 4.90 Å². The van der Waals surface area contributed by atoms with Crippen molar-refractivity contribution in [2.75, 3.05) is 10.6 Å². The van der Waals surface area contributed by atoms with E-state index in [1.807, 2.05) is 6.92 Å². The first kappa shape index (κ1) is 25.1. The molecule has 0 unspecified atom stereocenters. The van der Waals surface area contributed by atoms with Crippen LogP contribution in [0.2, 0.25) is 15.1 Å². The summed E-state index contributed by atoms with van der Waals surface area (Å²) in [5.74, 6) is -1.56. The van der Waals surface area contributed by atoms with Crippen LogP contribution in [0.3, 0.4) is 0 Å². The van der Waals surface area contributed by atoms with E-state index < -0.39 is 11.8 Å². The van der Waals surface area contributed by atoms with Gasteiger partial charge in [0.15, 0.2) is 0 Å². The quantitative estimate of drug-likeness (QED) is 0.338. The molecular weight excluding hydrogens is 532 g/mol. The van der Waals surface area contributed by atoms with Gasteiger partial charge >= 0.3 is 0 Å². The molecule has 0 fully saturated rings. The van der Waals surface area contributed by atoms with Crippen LogP contribution in [-0.4, -0.2) is 22.6 Å². The lowest BCUT2D eigenvalue weighted by Crippen LogP contribution is -2.32. The van der Waals surface area contributed by atoms with Crippen LogP contribution in [0.25, 0.3) is 0 Å². The molecule has 0 aliphatic carbocycles. The van der Waals surface area contributed by atoms with Crippen LogP contribution >= 0.6 is 46.4 Å². The highest BCUT2D eigenvalue weighted by Gasteiger charge is 2.38. The lowest BCUT2D eigenvalue weighted by atomic mass is 10.1. The number of carbonyl (C=O) groups excluding carboxylic acids is 3. The minimum Gasteiger partial charge on any atom is -0.350 e. The van der Waals surface area contributed by atoms with Gasteiger partial charge in [0.25, 0.3) is 17.7 Å². The fourth-order valence-corrected chi connectivity index (χ4v) is 4.28. The van der Waals surface area contributed by atoms with Crippen LogP contribution in [0.4, 0.5) is 11.4 Å². The number of rotatable bonds is 6. The summed E-state index contributed by atoms with van der Waals surface area (Å²) < 4.78 is 0. The Bertz CT molecular complexity index is 1390. The highest BCUT2D eigenvalue weighted by Crippen LogP contribution is 2.30. The van der Waals surface area contributed by atoms with Crippen molar-refractivity contribution in [2.45, 2.75) is 13.5 Å². The van der Waals surface area contributed by atoms with E-state index in [9.17, 15) is 14.4 Å². The van der Waals surface area contributed by atoms with Gasteiger partial charge in [0.05, 0.1) is 6.54 Å². The van der Waals surface area contributed by atoms with Gasteiger partial charge in [-0.3, -0.25) is 19.3 Å². The van der Waals surface area contributed by atoms with Gasteiger partial charge in [-0.1, -0.05) is 58.5 Å². The third kappa shape index (κ3) is 5.31. The Labute approximate surface area is 221 Å². The molecule has 3 amide bonds. The zero-order valence-corrected chi connectivity index (χ0v) is 21.2. The molecule has 0 saturated heterocycles. The van der Waals surface area contributed by atoms with Crippen LogP contribution in [0.15, 0.2) is 71.4 Å². The van der Waals surface area contributed by atoms with Gasteiger partial charge in [-0.15, -0.1) is 0 Å². The van der Waals surface area contributed by atoms with E-state index in [2.05, 4.69) is 10.6 Å². The molecule has 6 nitrogen and oxygen atoms in total. The fraction of sp³-hybridized carbons (Fsp3) is 0.0800. The average Bonchev–Trinajstić information content (AvgIpc) is 3.02. The Morgan fingerprint density at radius 1 is 0.886 bits per heavy atom. The molecule has 1 aliphatic rings. The van der Waals surface area contributed by atoms with Crippen molar-refractivity contribution < 1.29 is 14.4 Å². The molecule has 3 aromatic rings. The summed E-state index contributed by atoms with van der Waals surface area (Å²) in [6.07, 6.45) is 0. The van der Waals surface area contributed by atoms with Crippen molar-refractivity contribution in [3.63, 3.8) is 0 Å². The number of anilines is 2. The van der Waals surface area contributed by atoms with Crippen molar-refractivity contribution in [1.29, 1.82) is 0 Å². The molecule has 1 heterocycles. The number of imide groups is 1. The Morgan fingerprint density at radius 2 is 1.60 bits per heavy atom. The van der Waals surface area contributed by atoms with Gasteiger partial charge < -0.3 is 10.6 Å². The molecule has 10 heteroatoms. The van der Waals surface area contributed by atoms with Crippen molar-refractivity contribution in [3.8, 4) is 0 Å². The minimum atomic E-state index is -0.641. The maximum absolute atomic E-state index is 12.9. The topological polar surface area (TPSA) is 78.5 Å². The van der Waals surface area contributed by atoms with Gasteiger partial charge in [-0.2, -0.15) is 0 Å².